The highest BCUT2D eigenvalue weighted by Gasteiger charge is 2.38. The number of hydrogen-bond donors (Lipinski definition) is 1. The Morgan fingerprint density at radius 2 is 1.84 bits per heavy atom. The monoisotopic (exact) mass is 289 g/mol. The van der Waals surface area contributed by atoms with Gasteiger partial charge in [0.15, 0.2) is 0 Å². The lowest BCUT2D eigenvalue weighted by Crippen LogP contribution is -2.55. The van der Waals surface area contributed by atoms with Crippen LogP contribution in [0.1, 0.15) is 45.4 Å². The molecule has 0 amide bonds. The van der Waals surface area contributed by atoms with Crippen LogP contribution in [0, 0.1) is 5.92 Å². The highest BCUT2D eigenvalue weighted by atomic mass is 32.2. The molecule has 2 rings (SSSR count). The fourth-order valence-electron chi connectivity index (χ4n) is 3.24. The molecule has 0 saturated carbocycles. The molecule has 0 aromatic carbocycles. The van der Waals surface area contributed by atoms with Crippen LogP contribution in [0.3, 0.4) is 0 Å². The Morgan fingerprint density at radius 1 is 1.16 bits per heavy atom. The molecule has 0 radical (unpaired) electrons. The lowest BCUT2D eigenvalue weighted by atomic mass is 9.90. The minimum atomic E-state index is -3.29. The maximum absolute atomic E-state index is 12.7. The van der Waals surface area contributed by atoms with Crippen LogP contribution in [-0.4, -0.2) is 49.2 Å². The lowest BCUT2D eigenvalue weighted by Gasteiger charge is -2.41. The van der Waals surface area contributed by atoms with Crippen LogP contribution in [0.4, 0.5) is 0 Å². The Balaban J connectivity index is 2.10. The third kappa shape index (κ3) is 3.29. The molecule has 2 N–H and O–H groups in total. The first-order valence-electron chi connectivity index (χ1n) is 7.56. The van der Waals surface area contributed by atoms with Crippen molar-refractivity contribution in [2.45, 2.75) is 51.5 Å². The topological polar surface area (TPSA) is 66.6 Å². The second-order valence-electron chi connectivity index (χ2n) is 5.77. The van der Waals surface area contributed by atoms with Crippen LogP contribution in [0.15, 0.2) is 0 Å². The van der Waals surface area contributed by atoms with Gasteiger partial charge in [-0.15, -0.1) is 0 Å². The zero-order valence-electron chi connectivity index (χ0n) is 11.9. The summed E-state index contributed by atoms with van der Waals surface area (Å²) in [6, 6.07) is -0.00868. The van der Waals surface area contributed by atoms with E-state index in [1.54, 1.807) is 8.61 Å². The zero-order valence-corrected chi connectivity index (χ0v) is 12.7. The average Bonchev–Trinajstić information content (AvgIpc) is 2.47. The Hall–Kier alpha value is -0.170. The Labute approximate surface area is 117 Å². The predicted octanol–water partition coefficient (Wildman–Crippen LogP) is 1.17. The molecule has 2 atom stereocenters. The van der Waals surface area contributed by atoms with Gasteiger partial charge in [0, 0.05) is 32.2 Å². The van der Waals surface area contributed by atoms with Crippen LogP contribution in [0.2, 0.25) is 0 Å². The van der Waals surface area contributed by atoms with Crippen molar-refractivity contribution in [2.24, 2.45) is 11.7 Å². The van der Waals surface area contributed by atoms with Crippen LogP contribution in [0.5, 0.6) is 0 Å². The van der Waals surface area contributed by atoms with E-state index in [9.17, 15) is 8.42 Å². The van der Waals surface area contributed by atoms with Crippen molar-refractivity contribution in [1.82, 2.24) is 8.61 Å². The number of piperidine rings is 2. The van der Waals surface area contributed by atoms with E-state index in [2.05, 4.69) is 6.92 Å². The third-order valence-electron chi connectivity index (χ3n) is 4.56. The summed E-state index contributed by atoms with van der Waals surface area (Å²) >= 11 is 0. The second kappa shape index (κ2) is 6.52. The molecule has 2 fully saturated rings. The van der Waals surface area contributed by atoms with Gasteiger partial charge in [-0.2, -0.15) is 17.0 Å². The molecule has 0 bridgehead atoms. The Morgan fingerprint density at radius 3 is 2.42 bits per heavy atom. The van der Waals surface area contributed by atoms with Crippen LogP contribution in [-0.2, 0) is 10.2 Å². The SMILES string of the molecule is CCC1CCN(S(=O)(=O)N2CCCCC2)C(CN)C1. The summed E-state index contributed by atoms with van der Waals surface area (Å²) in [5.41, 5.74) is 5.81. The normalized spacial score (nSPS) is 31.5. The number of nitrogens with zero attached hydrogens (tertiary/aromatic N) is 2. The zero-order chi connectivity index (χ0) is 13.9. The standard InChI is InChI=1S/C13H27N3O2S/c1-2-12-6-9-16(13(10-12)11-14)19(17,18)15-7-4-3-5-8-15/h12-13H,2-11,14H2,1H3. The molecular weight excluding hydrogens is 262 g/mol. The van der Waals surface area contributed by atoms with Gasteiger partial charge in [0.1, 0.15) is 0 Å². The first-order valence-corrected chi connectivity index (χ1v) is 8.96. The van der Waals surface area contributed by atoms with E-state index >= 15 is 0 Å². The van der Waals surface area contributed by atoms with E-state index in [1.165, 1.54) is 0 Å². The van der Waals surface area contributed by atoms with Crippen LogP contribution in [0.25, 0.3) is 0 Å². The van der Waals surface area contributed by atoms with Gasteiger partial charge in [0.2, 0.25) is 0 Å². The Kier molecular flexibility index (Phi) is 5.22. The van der Waals surface area contributed by atoms with Crippen molar-refractivity contribution < 1.29 is 8.42 Å². The summed E-state index contributed by atoms with van der Waals surface area (Å²) in [7, 11) is -3.29. The molecule has 112 valence electrons. The minimum Gasteiger partial charge on any atom is -0.329 e. The number of hydrogen-bond acceptors (Lipinski definition) is 3. The number of rotatable bonds is 4. The quantitative estimate of drug-likeness (QED) is 0.844. The van der Waals surface area contributed by atoms with E-state index in [4.69, 9.17) is 5.73 Å². The van der Waals surface area contributed by atoms with Crippen molar-refractivity contribution in [3.8, 4) is 0 Å². The van der Waals surface area contributed by atoms with Crippen molar-refractivity contribution >= 4 is 10.2 Å². The van der Waals surface area contributed by atoms with Crippen LogP contribution >= 0.6 is 0 Å². The van der Waals surface area contributed by atoms with Gasteiger partial charge in [-0.05, 0) is 31.6 Å². The fraction of sp³-hybridized carbons (Fsp3) is 1.00. The van der Waals surface area contributed by atoms with Gasteiger partial charge in [-0.25, -0.2) is 0 Å². The van der Waals surface area contributed by atoms with Gasteiger partial charge in [-0.1, -0.05) is 19.8 Å². The van der Waals surface area contributed by atoms with Gasteiger partial charge < -0.3 is 5.73 Å². The van der Waals surface area contributed by atoms with Crippen LogP contribution < -0.4 is 5.73 Å². The maximum atomic E-state index is 12.7. The molecule has 0 spiro atoms. The largest absolute Gasteiger partial charge is 0.329 e. The smallest absolute Gasteiger partial charge is 0.282 e. The predicted molar refractivity (Wildman–Crippen MR) is 76.9 cm³/mol. The second-order valence-corrected chi connectivity index (χ2v) is 7.65. The molecule has 0 aliphatic carbocycles. The molecule has 2 aliphatic rings. The summed E-state index contributed by atoms with van der Waals surface area (Å²) in [4.78, 5) is 0. The van der Waals surface area contributed by atoms with Crippen molar-refractivity contribution in [2.75, 3.05) is 26.2 Å². The summed E-state index contributed by atoms with van der Waals surface area (Å²) in [6.45, 7) is 4.59. The van der Waals surface area contributed by atoms with Crippen molar-refractivity contribution in [3.63, 3.8) is 0 Å². The molecule has 2 saturated heterocycles. The summed E-state index contributed by atoms with van der Waals surface area (Å²) < 4.78 is 28.7. The van der Waals surface area contributed by atoms with E-state index < -0.39 is 10.2 Å². The van der Waals surface area contributed by atoms with Crippen molar-refractivity contribution in [3.05, 3.63) is 0 Å². The van der Waals surface area contributed by atoms with Gasteiger partial charge in [-0.3, -0.25) is 0 Å². The lowest BCUT2D eigenvalue weighted by molar-refractivity contribution is 0.182. The highest BCUT2D eigenvalue weighted by molar-refractivity contribution is 7.86. The molecule has 6 heteroatoms. The number of nitrogens with two attached hydrogens (primary N) is 1. The molecule has 2 unspecified atom stereocenters. The molecule has 2 heterocycles. The van der Waals surface area contributed by atoms with E-state index in [-0.39, 0.29) is 6.04 Å². The maximum Gasteiger partial charge on any atom is 0.282 e. The Bertz CT molecular complexity index is 379. The van der Waals surface area contributed by atoms with Gasteiger partial charge in [0.25, 0.3) is 10.2 Å². The summed E-state index contributed by atoms with van der Waals surface area (Å²) in [5.74, 6) is 0.626. The molecular formula is C13H27N3O2S. The van der Waals surface area contributed by atoms with Crippen molar-refractivity contribution in [1.29, 1.82) is 0 Å². The summed E-state index contributed by atoms with van der Waals surface area (Å²) in [6.07, 6.45) is 6.12. The molecule has 0 aromatic rings. The molecule has 0 aromatic heterocycles. The molecule has 2 aliphatic heterocycles. The van der Waals surface area contributed by atoms with Gasteiger partial charge in [0.05, 0.1) is 0 Å². The molecule has 19 heavy (non-hydrogen) atoms. The van der Waals surface area contributed by atoms with Gasteiger partial charge >= 0.3 is 0 Å². The minimum absolute atomic E-state index is 0.00868. The van der Waals surface area contributed by atoms with E-state index in [0.29, 0.717) is 32.1 Å². The first kappa shape index (κ1) is 15.2. The molecule has 5 nitrogen and oxygen atoms in total. The third-order valence-corrected chi connectivity index (χ3v) is 6.65. The fourth-order valence-corrected chi connectivity index (χ4v) is 5.15. The average molecular weight is 289 g/mol. The highest BCUT2D eigenvalue weighted by Crippen LogP contribution is 2.29. The van der Waals surface area contributed by atoms with E-state index in [1.807, 2.05) is 0 Å². The van der Waals surface area contributed by atoms with E-state index in [0.717, 1.165) is 38.5 Å². The summed E-state index contributed by atoms with van der Waals surface area (Å²) in [5, 5.41) is 0. The first-order chi connectivity index (χ1) is 9.09.